The number of benzene rings is 1. The van der Waals surface area contributed by atoms with Crippen LogP contribution in [0.1, 0.15) is 24.2 Å². The summed E-state index contributed by atoms with van der Waals surface area (Å²) in [5.41, 5.74) is 2.05. The highest BCUT2D eigenvalue weighted by Crippen LogP contribution is 2.12. The highest BCUT2D eigenvalue weighted by molar-refractivity contribution is 7.83. The van der Waals surface area contributed by atoms with Crippen LogP contribution in [0, 0.1) is 6.92 Å². The van der Waals surface area contributed by atoms with Gasteiger partial charge < -0.3 is 0 Å². The third-order valence-electron chi connectivity index (χ3n) is 2.65. The molecule has 0 spiro atoms. The van der Waals surface area contributed by atoms with E-state index in [0.29, 0.717) is 0 Å². The van der Waals surface area contributed by atoms with Crippen molar-refractivity contribution < 1.29 is 4.21 Å². The van der Waals surface area contributed by atoms with Crippen LogP contribution in [0.25, 0.3) is 0 Å². The maximum Gasteiger partial charge on any atom is 0.125 e. The molecule has 18 heavy (non-hydrogen) atoms. The molecule has 3 nitrogen and oxygen atoms in total. The minimum atomic E-state index is -1.21. The van der Waals surface area contributed by atoms with Crippen molar-refractivity contribution in [2.45, 2.75) is 24.8 Å². The van der Waals surface area contributed by atoms with Crippen molar-refractivity contribution in [1.29, 1.82) is 0 Å². The first-order valence-corrected chi connectivity index (χ1v) is 6.97. The highest BCUT2D eigenvalue weighted by atomic mass is 32.2. The molecule has 0 bridgehead atoms. The van der Waals surface area contributed by atoms with E-state index in [4.69, 9.17) is 0 Å². The van der Waals surface area contributed by atoms with E-state index in [9.17, 15) is 4.21 Å². The van der Waals surface area contributed by atoms with Crippen LogP contribution < -0.4 is 4.72 Å². The van der Waals surface area contributed by atoms with Gasteiger partial charge in [-0.2, -0.15) is 0 Å². The Morgan fingerprint density at radius 3 is 2.50 bits per heavy atom. The molecule has 2 aromatic rings. The molecule has 1 unspecified atom stereocenters. The molecular formula is C14H16N2OS. The maximum absolute atomic E-state index is 12.1. The first-order valence-electron chi connectivity index (χ1n) is 5.82. The molecule has 2 rings (SSSR count). The van der Waals surface area contributed by atoms with Crippen LogP contribution in [0.5, 0.6) is 0 Å². The summed E-state index contributed by atoms with van der Waals surface area (Å²) in [5, 5.41) is 0. The van der Waals surface area contributed by atoms with E-state index in [2.05, 4.69) is 9.71 Å². The lowest BCUT2D eigenvalue weighted by atomic mass is 10.2. The second-order valence-corrected chi connectivity index (χ2v) is 5.42. The average Bonchev–Trinajstić information content (AvgIpc) is 2.40. The van der Waals surface area contributed by atoms with Gasteiger partial charge in [-0.1, -0.05) is 23.8 Å². The zero-order valence-corrected chi connectivity index (χ0v) is 11.3. The van der Waals surface area contributed by atoms with Gasteiger partial charge in [-0.05, 0) is 38.1 Å². The van der Waals surface area contributed by atoms with Crippen molar-refractivity contribution >= 4 is 11.0 Å². The van der Waals surface area contributed by atoms with E-state index >= 15 is 0 Å². The maximum atomic E-state index is 12.1. The number of aromatic nitrogens is 1. The zero-order chi connectivity index (χ0) is 13.0. The molecule has 2 atom stereocenters. The molecule has 0 fully saturated rings. The normalized spacial score (nSPS) is 14.1. The number of hydrogen-bond acceptors (Lipinski definition) is 2. The van der Waals surface area contributed by atoms with Crippen LogP contribution >= 0.6 is 0 Å². The van der Waals surface area contributed by atoms with Gasteiger partial charge in [-0.25, -0.2) is 8.93 Å². The highest BCUT2D eigenvalue weighted by Gasteiger charge is 2.10. The molecule has 0 amide bonds. The second kappa shape index (κ2) is 5.89. The molecule has 0 aliphatic rings. The third-order valence-corrected chi connectivity index (χ3v) is 3.92. The van der Waals surface area contributed by atoms with Gasteiger partial charge in [0.2, 0.25) is 0 Å². The van der Waals surface area contributed by atoms with Gasteiger partial charge in [-0.3, -0.25) is 4.98 Å². The van der Waals surface area contributed by atoms with Gasteiger partial charge in [0.15, 0.2) is 0 Å². The topological polar surface area (TPSA) is 42.0 Å². The summed E-state index contributed by atoms with van der Waals surface area (Å²) in [4.78, 5) is 5.02. The van der Waals surface area contributed by atoms with E-state index in [0.717, 1.165) is 16.2 Å². The molecule has 0 aliphatic carbocycles. The zero-order valence-electron chi connectivity index (χ0n) is 10.5. The Balaban J connectivity index is 2.06. The Hall–Kier alpha value is -1.52. The standard InChI is InChI=1S/C14H16N2OS/c1-11-6-8-13(9-7-11)18(17)16-12(2)14-5-3-4-10-15-14/h3-10,12,16H,1-2H3/t12-,18?/m0/s1. The van der Waals surface area contributed by atoms with Crippen LogP contribution in [0.4, 0.5) is 0 Å². The Kier molecular flexibility index (Phi) is 4.23. The monoisotopic (exact) mass is 260 g/mol. The number of aryl methyl sites for hydroxylation is 1. The summed E-state index contributed by atoms with van der Waals surface area (Å²) in [6.45, 7) is 3.96. The van der Waals surface area contributed by atoms with Crippen molar-refractivity contribution in [3.8, 4) is 0 Å². The van der Waals surface area contributed by atoms with Crippen molar-refractivity contribution in [3.63, 3.8) is 0 Å². The molecule has 94 valence electrons. The molecule has 1 N–H and O–H groups in total. The Bertz CT molecular complexity index is 525. The van der Waals surface area contributed by atoms with Gasteiger partial charge in [-0.15, -0.1) is 0 Å². The number of nitrogens with one attached hydrogen (secondary N) is 1. The van der Waals surface area contributed by atoms with Gasteiger partial charge in [0.05, 0.1) is 16.6 Å². The van der Waals surface area contributed by atoms with Crippen molar-refractivity contribution in [2.24, 2.45) is 0 Å². The largest absolute Gasteiger partial charge is 0.260 e. The minimum Gasteiger partial charge on any atom is -0.260 e. The Labute approximate surface area is 110 Å². The molecule has 1 heterocycles. The predicted octanol–water partition coefficient (Wildman–Crippen LogP) is 2.76. The van der Waals surface area contributed by atoms with E-state index in [-0.39, 0.29) is 6.04 Å². The van der Waals surface area contributed by atoms with Gasteiger partial charge in [0, 0.05) is 6.20 Å². The summed E-state index contributed by atoms with van der Waals surface area (Å²) in [7, 11) is -1.21. The summed E-state index contributed by atoms with van der Waals surface area (Å²) in [6.07, 6.45) is 1.74. The molecule has 0 radical (unpaired) electrons. The smallest absolute Gasteiger partial charge is 0.125 e. The van der Waals surface area contributed by atoms with Gasteiger partial charge >= 0.3 is 0 Å². The molecule has 1 aromatic carbocycles. The molecule has 0 aliphatic heterocycles. The van der Waals surface area contributed by atoms with Crippen LogP contribution in [0.2, 0.25) is 0 Å². The van der Waals surface area contributed by atoms with Crippen molar-refractivity contribution in [3.05, 3.63) is 59.9 Å². The summed E-state index contributed by atoms with van der Waals surface area (Å²) < 4.78 is 15.2. The number of nitrogens with zero attached hydrogens (tertiary/aromatic N) is 1. The van der Waals surface area contributed by atoms with Crippen molar-refractivity contribution in [1.82, 2.24) is 9.71 Å². The quantitative estimate of drug-likeness (QED) is 0.918. The lowest BCUT2D eigenvalue weighted by Crippen LogP contribution is -2.22. The molecule has 1 aromatic heterocycles. The fraction of sp³-hybridized carbons (Fsp3) is 0.214. The predicted molar refractivity (Wildman–Crippen MR) is 73.4 cm³/mol. The van der Waals surface area contributed by atoms with E-state index in [1.165, 1.54) is 0 Å². The SMILES string of the molecule is Cc1ccc(S(=O)N[C@@H](C)c2ccccn2)cc1. The Morgan fingerprint density at radius 1 is 1.17 bits per heavy atom. The second-order valence-electron chi connectivity index (χ2n) is 4.18. The van der Waals surface area contributed by atoms with Gasteiger partial charge in [0.25, 0.3) is 0 Å². The number of pyridine rings is 1. The van der Waals surface area contributed by atoms with Crippen LogP contribution in [-0.2, 0) is 11.0 Å². The van der Waals surface area contributed by atoms with E-state index in [1.807, 2.05) is 56.3 Å². The van der Waals surface area contributed by atoms with E-state index < -0.39 is 11.0 Å². The molecule has 4 heteroatoms. The summed E-state index contributed by atoms with van der Waals surface area (Å²) in [6, 6.07) is 13.3. The first-order chi connectivity index (χ1) is 8.66. The van der Waals surface area contributed by atoms with Gasteiger partial charge in [0.1, 0.15) is 11.0 Å². The van der Waals surface area contributed by atoms with Crippen LogP contribution in [0.15, 0.2) is 53.6 Å². The van der Waals surface area contributed by atoms with E-state index in [1.54, 1.807) is 6.20 Å². The third kappa shape index (κ3) is 3.24. The molecular weight excluding hydrogens is 244 g/mol. The lowest BCUT2D eigenvalue weighted by Gasteiger charge is -2.12. The molecule has 0 saturated heterocycles. The van der Waals surface area contributed by atoms with Crippen molar-refractivity contribution in [2.75, 3.05) is 0 Å². The Morgan fingerprint density at radius 2 is 1.89 bits per heavy atom. The fourth-order valence-corrected chi connectivity index (χ4v) is 2.54. The lowest BCUT2D eigenvalue weighted by molar-refractivity contribution is 0.645. The van der Waals surface area contributed by atoms with Crippen LogP contribution in [0.3, 0.4) is 0 Å². The summed E-state index contributed by atoms with van der Waals surface area (Å²) in [5.74, 6) is 0. The molecule has 0 saturated carbocycles. The fourth-order valence-electron chi connectivity index (χ4n) is 1.58. The number of hydrogen-bond donors (Lipinski definition) is 1. The summed E-state index contributed by atoms with van der Waals surface area (Å²) >= 11 is 0. The van der Waals surface area contributed by atoms with Crippen LogP contribution in [-0.4, -0.2) is 9.19 Å². The minimum absolute atomic E-state index is 0.0478. The number of rotatable bonds is 4. The average molecular weight is 260 g/mol. The first kappa shape index (κ1) is 12.9.